The van der Waals surface area contributed by atoms with E-state index in [2.05, 4.69) is 18.0 Å². The van der Waals surface area contributed by atoms with Crippen LogP contribution in [0.4, 0.5) is 0 Å². The number of hydrogen-bond acceptors (Lipinski definition) is 5. The minimum absolute atomic E-state index is 0.121. The van der Waals surface area contributed by atoms with Crippen molar-refractivity contribution in [2.45, 2.75) is 19.4 Å². The third kappa shape index (κ3) is 5.36. The topological polar surface area (TPSA) is 85.9 Å². The molecule has 1 aromatic heterocycles. The van der Waals surface area contributed by atoms with Crippen LogP contribution in [0.3, 0.4) is 0 Å². The van der Waals surface area contributed by atoms with Crippen molar-refractivity contribution in [2.24, 2.45) is 0 Å². The Labute approximate surface area is 187 Å². The number of fused-ring (bicyclic) bond motifs is 1. The lowest BCUT2D eigenvalue weighted by molar-refractivity contribution is -0.136. The molecule has 0 bridgehead atoms. The Hall–Kier alpha value is -3.16. The van der Waals surface area contributed by atoms with Gasteiger partial charge in [-0.3, -0.25) is 14.5 Å². The van der Waals surface area contributed by atoms with Gasteiger partial charge in [0, 0.05) is 38.4 Å². The van der Waals surface area contributed by atoms with Crippen LogP contribution < -0.4 is 10.3 Å². The molecular weight excluding hydrogens is 406 g/mol. The molecule has 168 valence electrons. The number of β-amino-alcohol motifs (C(OH)–C–C–N with tert-alkyl or cyclic N) is 1. The highest BCUT2D eigenvalue weighted by Gasteiger charge is 2.24. The van der Waals surface area contributed by atoms with Crippen molar-refractivity contribution in [2.75, 3.05) is 39.3 Å². The lowest BCUT2D eigenvalue weighted by Gasteiger charge is -2.35. The highest BCUT2D eigenvalue weighted by Crippen LogP contribution is 2.26. The van der Waals surface area contributed by atoms with Crippen LogP contribution in [-0.2, 0) is 4.79 Å². The Kier molecular flexibility index (Phi) is 6.87. The first-order valence-corrected chi connectivity index (χ1v) is 11.1. The van der Waals surface area contributed by atoms with E-state index in [1.165, 1.54) is 6.07 Å². The number of rotatable bonds is 8. The lowest BCUT2D eigenvalue weighted by atomic mass is 10.0. The summed E-state index contributed by atoms with van der Waals surface area (Å²) in [4.78, 5) is 30.0. The van der Waals surface area contributed by atoms with E-state index >= 15 is 0 Å². The van der Waals surface area contributed by atoms with E-state index in [0.717, 1.165) is 41.4 Å². The fourth-order valence-corrected chi connectivity index (χ4v) is 4.05. The number of aromatic amines is 1. The standard InChI is InChI=1S/C25H29N3O4/c1-2-9-28-11-10-27(16-25(28)31)15-22(29)17-32-23-7-5-18-12-19(3-4-20(18)13-23)21-6-8-24(30)26-14-21/h3-8,12-14,22,29H,2,9-11,15-17H2,1H3,(H,26,30). The molecule has 2 N–H and O–H groups in total. The average Bonchev–Trinajstić information content (AvgIpc) is 2.80. The highest BCUT2D eigenvalue weighted by molar-refractivity contribution is 5.88. The molecule has 1 fully saturated rings. The summed E-state index contributed by atoms with van der Waals surface area (Å²) in [5.41, 5.74) is 1.85. The number of aliphatic hydroxyl groups is 1. The number of carbonyl (C=O) groups is 1. The van der Waals surface area contributed by atoms with Crippen molar-refractivity contribution in [1.29, 1.82) is 0 Å². The maximum Gasteiger partial charge on any atom is 0.247 e. The van der Waals surface area contributed by atoms with Gasteiger partial charge < -0.3 is 19.7 Å². The maximum absolute atomic E-state index is 12.2. The molecule has 0 aliphatic carbocycles. The number of hydrogen-bond donors (Lipinski definition) is 2. The van der Waals surface area contributed by atoms with Gasteiger partial charge in [0.05, 0.1) is 6.54 Å². The first kappa shape index (κ1) is 22.0. The minimum Gasteiger partial charge on any atom is -0.491 e. The van der Waals surface area contributed by atoms with E-state index in [0.29, 0.717) is 25.4 Å². The zero-order chi connectivity index (χ0) is 22.5. The largest absolute Gasteiger partial charge is 0.491 e. The Morgan fingerprint density at radius 3 is 2.56 bits per heavy atom. The van der Waals surface area contributed by atoms with E-state index in [4.69, 9.17) is 4.74 Å². The molecule has 3 aromatic rings. The van der Waals surface area contributed by atoms with Crippen molar-refractivity contribution in [3.05, 3.63) is 65.1 Å². The number of nitrogens with zero attached hydrogens (tertiary/aromatic N) is 2. The van der Waals surface area contributed by atoms with Crippen LogP contribution in [0.2, 0.25) is 0 Å². The number of amides is 1. The molecule has 2 heterocycles. The van der Waals surface area contributed by atoms with E-state index in [-0.39, 0.29) is 18.1 Å². The van der Waals surface area contributed by atoms with Crippen molar-refractivity contribution in [3.63, 3.8) is 0 Å². The van der Waals surface area contributed by atoms with Gasteiger partial charge in [0.2, 0.25) is 11.5 Å². The van der Waals surface area contributed by atoms with E-state index in [9.17, 15) is 14.7 Å². The number of carbonyl (C=O) groups excluding carboxylic acids is 1. The summed E-state index contributed by atoms with van der Waals surface area (Å²) in [5, 5.41) is 12.5. The summed E-state index contributed by atoms with van der Waals surface area (Å²) < 4.78 is 5.82. The maximum atomic E-state index is 12.2. The van der Waals surface area contributed by atoms with Gasteiger partial charge in [-0.1, -0.05) is 25.1 Å². The predicted molar refractivity (Wildman–Crippen MR) is 125 cm³/mol. The Bertz CT molecular complexity index is 1120. The third-order valence-corrected chi connectivity index (χ3v) is 5.73. The average molecular weight is 436 g/mol. The molecule has 0 radical (unpaired) electrons. The molecular formula is C25H29N3O4. The summed E-state index contributed by atoms with van der Waals surface area (Å²) in [6, 6.07) is 15.2. The highest BCUT2D eigenvalue weighted by atomic mass is 16.5. The third-order valence-electron chi connectivity index (χ3n) is 5.73. The molecule has 7 heteroatoms. The zero-order valence-corrected chi connectivity index (χ0v) is 18.3. The van der Waals surface area contributed by atoms with Crippen LogP contribution in [0.15, 0.2) is 59.5 Å². The fraction of sp³-hybridized carbons (Fsp3) is 0.360. The number of piperazine rings is 1. The van der Waals surface area contributed by atoms with Gasteiger partial charge in [-0.15, -0.1) is 0 Å². The van der Waals surface area contributed by atoms with Gasteiger partial charge in [-0.05, 0) is 52.6 Å². The van der Waals surface area contributed by atoms with Crippen LogP contribution in [0.5, 0.6) is 5.75 Å². The molecule has 7 nitrogen and oxygen atoms in total. The number of aliphatic hydroxyl groups excluding tert-OH is 1. The number of benzene rings is 2. The summed E-state index contributed by atoms with van der Waals surface area (Å²) >= 11 is 0. The first-order valence-electron chi connectivity index (χ1n) is 11.1. The van der Waals surface area contributed by atoms with Gasteiger partial charge in [0.25, 0.3) is 0 Å². The Balaban J connectivity index is 1.33. The summed E-state index contributed by atoms with van der Waals surface area (Å²) in [5.74, 6) is 0.819. The summed E-state index contributed by atoms with van der Waals surface area (Å²) in [6.07, 6.45) is 2.00. The smallest absolute Gasteiger partial charge is 0.247 e. The van der Waals surface area contributed by atoms with Crippen molar-refractivity contribution in [3.8, 4) is 16.9 Å². The van der Waals surface area contributed by atoms with Crippen LogP contribution >= 0.6 is 0 Å². The van der Waals surface area contributed by atoms with Crippen LogP contribution in [0.25, 0.3) is 21.9 Å². The van der Waals surface area contributed by atoms with E-state index < -0.39 is 6.10 Å². The number of ether oxygens (including phenoxy) is 1. The molecule has 1 unspecified atom stereocenters. The minimum atomic E-state index is -0.668. The predicted octanol–water partition coefficient (Wildman–Crippen LogP) is 2.49. The number of H-pyrrole nitrogens is 1. The number of pyridine rings is 1. The zero-order valence-electron chi connectivity index (χ0n) is 18.3. The van der Waals surface area contributed by atoms with Crippen LogP contribution in [-0.4, -0.2) is 71.2 Å². The van der Waals surface area contributed by atoms with Crippen molar-refractivity contribution >= 4 is 16.7 Å². The molecule has 1 atom stereocenters. The monoisotopic (exact) mass is 435 g/mol. The van der Waals surface area contributed by atoms with Crippen molar-refractivity contribution in [1.82, 2.24) is 14.8 Å². The molecule has 1 amide bonds. The first-order chi connectivity index (χ1) is 15.5. The fourth-order valence-electron chi connectivity index (χ4n) is 4.05. The van der Waals surface area contributed by atoms with Gasteiger partial charge in [0.1, 0.15) is 18.5 Å². The molecule has 1 saturated heterocycles. The van der Waals surface area contributed by atoms with Gasteiger partial charge in [-0.25, -0.2) is 0 Å². The molecule has 1 aliphatic rings. The van der Waals surface area contributed by atoms with Crippen molar-refractivity contribution < 1.29 is 14.6 Å². The summed E-state index contributed by atoms with van der Waals surface area (Å²) in [7, 11) is 0. The lowest BCUT2D eigenvalue weighted by Crippen LogP contribution is -2.52. The molecule has 4 rings (SSSR count). The second kappa shape index (κ2) is 9.97. The number of nitrogens with one attached hydrogen (secondary N) is 1. The molecule has 0 saturated carbocycles. The SMILES string of the molecule is CCCN1CCN(CC(O)COc2ccc3cc(-c4ccc(=O)[nH]c4)ccc3c2)CC1=O. The molecule has 1 aliphatic heterocycles. The normalized spacial score (nSPS) is 15.8. The van der Waals surface area contributed by atoms with Gasteiger partial charge in [0.15, 0.2) is 0 Å². The van der Waals surface area contributed by atoms with E-state index in [1.807, 2.05) is 40.1 Å². The van der Waals surface area contributed by atoms with Gasteiger partial charge in [-0.2, -0.15) is 0 Å². The second-order valence-electron chi connectivity index (χ2n) is 8.25. The molecule has 0 spiro atoms. The second-order valence-corrected chi connectivity index (χ2v) is 8.25. The number of aromatic nitrogens is 1. The van der Waals surface area contributed by atoms with Crippen LogP contribution in [0.1, 0.15) is 13.3 Å². The Morgan fingerprint density at radius 1 is 1.03 bits per heavy atom. The molecule has 2 aromatic carbocycles. The van der Waals surface area contributed by atoms with Gasteiger partial charge >= 0.3 is 0 Å². The van der Waals surface area contributed by atoms with E-state index in [1.54, 1.807) is 12.3 Å². The van der Waals surface area contributed by atoms with Crippen LogP contribution in [0, 0.1) is 0 Å². The Morgan fingerprint density at radius 2 is 1.81 bits per heavy atom. The summed E-state index contributed by atoms with van der Waals surface area (Å²) in [6.45, 7) is 5.30. The molecule has 32 heavy (non-hydrogen) atoms. The quantitative estimate of drug-likeness (QED) is 0.568.